The normalized spacial score (nSPS) is 10.3. The van der Waals surface area contributed by atoms with Crippen LogP contribution in [0.2, 0.25) is 0 Å². The van der Waals surface area contributed by atoms with Crippen molar-refractivity contribution in [3.63, 3.8) is 0 Å². The van der Waals surface area contributed by atoms with E-state index >= 15 is 0 Å². The number of ketones is 2. The molecule has 0 aliphatic heterocycles. The van der Waals surface area contributed by atoms with Gasteiger partial charge >= 0.3 is 0 Å². The third-order valence-electron chi connectivity index (χ3n) is 3.33. The number of aryl methyl sites for hydroxylation is 2. The lowest BCUT2D eigenvalue weighted by atomic mass is 9.98. The van der Waals surface area contributed by atoms with Crippen LogP contribution in [0, 0.1) is 13.8 Å². The van der Waals surface area contributed by atoms with Crippen molar-refractivity contribution in [2.45, 2.75) is 18.7 Å². The SMILES string of the molecule is CSc1ccc(C(=O)C(=O)c2ccc(C)c(C)c2)cc1. The Balaban J connectivity index is 2.27. The standard InChI is InChI=1S/C17H16O2S/c1-11-4-5-14(10-12(11)2)17(19)16(18)13-6-8-15(20-3)9-7-13/h4-10H,1-3H3. The molecule has 0 bridgehead atoms. The minimum Gasteiger partial charge on any atom is -0.285 e. The van der Waals surface area contributed by atoms with E-state index in [4.69, 9.17) is 0 Å². The van der Waals surface area contributed by atoms with Crippen LogP contribution in [0.3, 0.4) is 0 Å². The van der Waals surface area contributed by atoms with Crippen molar-refractivity contribution in [3.8, 4) is 0 Å². The number of carbonyl (C=O) groups excluding carboxylic acids is 2. The lowest BCUT2D eigenvalue weighted by Gasteiger charge is -2.05. The van der Waals surface area contributed by atoms with Gasteiger partial charge in [-0.1, -0.05) is 12.1 Å². The average molecular weight is 284 g/mol. The van der Waals surface area contributed by atoms with E-state index in [-0.39, 0.29) is 0 Å². The smallest absolute Gasteiger partial charge is 0.233 e. The van der Waals surface area contributed by atoms with Gasteiger partial charge in [-0.15, -0.1) is 11.8 Å². The molecule has 102 valence electrons. The number of hydrogen-bond acceptors (Lipinski definition) is 3. The molecule has 2 aromatic carbocycles. The highest BCUT2D eigenvalue weighted by molar-refractivity contribution is 7.98. The highest BCUT2D eigenvalue weighted by Crippen LogP contribution is 2.17. The predicted molar refractivity (Wildman–Crippen MR) is 82.8 cm³/mol. The van der Waals surface area contributed by atoms with E-state index < -0.39 is 11.6 Å². The second-order valence-corrected chi connectivity index (χ2v) is 5.57. The highest BCUT2D eigenvalue weighted by Gasteiger charge is 2.18. The maximum Gasteiger partial charge on any atom is 0.233 e. The quantitative estimate of drug-likeness (QED) is 0.482. The van der Waals surface area contributed by atoms with E-state index in [1.165, 1.54) is 0 Å². The summed E-state index contributed by atoms with van der Waals surface area (Å²) >= 11 is 1.60. The van der Waals surface area contributed by atoms with E-state index in [0.717, 1.165) is 16.0 Å². The van der Waals surface area contributed by atoms with Gasteiger partial charge < -0.3 is 0 Å². The maximum absolute atomic E-state index is 12.2. The Morgan fingerprint density at radius 3 is 1.90 bits per heavy atom. The van der Waals surface area contributed by atoms with Crippen LogP contribution in [0.5, 0.6) is 0 Å². The van der Waals surface area contributed by atoms with E-state index in [9.17, 15) is 9.59 Å². The van der Waals surface area contributed by atoms with Crippen molar-refractivity contribution in [2.75, 3.05) is 6.26 Å². The second kappa shape index (κ2) is 6.06. The molecule has 2 aromatic rings. The molecule has 0 heterocycles. The minimum atomic E-state index is -0.457. The van der Waals surface area contributed by atoms with Crippen molar-refractivity contribution >= 4 is 23.3 Å². The third-order valence-corrected chi connectivity index (χ3v) is 4.07. The highest BCUT2D eigenvalue weighted by atomic mass is 32.2. The van der Waals surface area contributed by atoms with Crippen LogP contribution in [0.1, 0.15) is 31.8 Å². The van der Waals surface area contributed by atoms with Crippen LogP contribution >= 0.6 is 11.8 Å². The van der Waals surface area contributed by atoms with Gasteiger partial charge in [0.1, 0.15) is 0 Å². The van der Waals surface area contributed by atoms with Crippen molar-refractivity contribution < 1.29 is 9.59 Å². The molecule has 0 amide bonds. The van der Waals surface area contributed by atoms with E-state index in [1.807, 2.05) is 38.3 Å². The lowest BCUT2D eigenvalue weighted by Crippen LogP contribution is -2.14. The molecule has 20 heavy (non-hydrogen) atoms. The van der Waals surface area contributed by atoms with Crippen LogP contribution in [0.25, 0.3) is 0 Å². The van der Waals surface area contributed by atoms with Gasteiger partial charge in [-0.25, -0.2) is 0 Å². The molecule has 0 radical (unpaired) electrons. The zero-order valence-corrected chi connectivity index (χ0v) is 12.6. The van der Waals surface area contributed by atoms with E-state index in [2.05, 4.69) is 0 Å². The Morgan fingerprint density at radius 1 is 0.800 bits per heavy atom. The van der Waals surface area contributed by atoms with E-state index in [1.54, 1.807) is 36.0 Å². The lowest BCUT2D eigenvalue weighted by molar-refractivity contribution is 0.0817. The van der Waals surface area contributed by atoms with Gasteiger partial charge in [0.25, 0.3) is 0 Å². The summed E-state index contributed by atoms with van der Waals surface area (Å²) in [7, 11) is 0. The Labute approximate surface area is 123 Å². The molecule has 2 rings (SSSR count). The van der Waals surface area contributed by atoms with Crippen molar-refractivity contribution in [3.05, 3.63) is 64.7 Å². The van der Waals surface area contributed by atoms with Crippen LogP contribution in [-0.2, 0) is 0 Å². The Hall–Kier alpha value is -1.87. The summed E-state index contributed by atoms with van der Waals surface area (Å²) in [4.78, 5) is 25.5. The fourth-order valence-electron chi connectivity index (χ4n) is 1.89. The van der Waals surface area contributed by atoms with Crippen LogP contribution < -0.4 is 0 Å². The molecule has 2 nitrogen and oxygen atoms in total. The molecule has 0 aliphatic carbocycles. The summed E-state index contributed by atoms with van der Waals surface area (Å²) in [6, 6.07) is 12.5. The summed E-state index contributed by atoms with van der Waals surface area (Å²) < 4.78 is 0. The number of benzene rings is 2. The van der Waals surface area contributed by atoms with Crippen LogP contribution in [-0.4, -0.2) is 17.8 Å². The first-order valence-corrected chi connectivity index (χ1v) is 7.55. The molecule has 3 heteroatoms. The molecule has 0 aromatic heterocycles. The number of hydrogen-bond donors (Lipinski definition) is 0. The predicted octanol–water partition coefficient (Wildman–Crippen LogP) is 4.09. The average Bonchev–Trinajstić information content (AvgIpc) is 2.48. The first kappa shape index (κ1) is 14.5. The van der Waals surface area contributed by atoms with E-state index in [0.29, 0.717) is 11.1 Å². The first-order valence-electron chi connectivity index (χ1n) is 6.33. The van der Waals surface area contributed by atoms with Crippen LogP contribution in [0.4, 0.5) is 0 Å². The molecular formula is C17H16O2S. The zero-order valence-electron chi connectivity index (χ0n) is 11.8. The number of thioether (sulfide) groups is 1. The summed E-state index contributed by atoms with van der Waals surface area (Å²) in [5, 5.41) is 0. The van der Waals surface area contributed by atoms with Gasteiger partial charge in [0.15, 0.2) is 0 Å². The molecule has 0 unspecified atom stereocenters. The van der Waals surface area contributed by atoms with Gasteiger partial charge in [0, 0.05) is 16.0 Å². The third kappa shape index (κ3) is 2.99. The minimum absolute atomic E-state index is 0.436. The summed E-state index contributed by atoms with van der Waals surface area (Å²) in [6.45, 7) is 3.91. The van der Waals surface area contributed by atoms with Crippen molar-refractivity contribution in [1.29, 1.82) is 0 Å². The molecular weight excluding hydrogens is 268 g/mol. The molecule has 0 saturated carbocycles. The fourth-order valence-corrected chi connectivity index (χ4v) is 2.30. The largest absolute Gasteiger partial charge is 0.285 e. The van der Waals surface area contributed by atoms with Crippen molar-refractivity contribution in [2.24, 2.45) is 0 Å². The Kier molecular flexibility index (Phi) is 4.40. The summed E-state index contributed by atoms with van der Waals surface area (Å²) in [6.07, 6.45) is 1.97. The van der Waals surface area contributed by atoms with Gasteiger partial charge in [0.2, 0.25) is 11.6 Å². The Morgan fingerprint density at radius 2 is 1.35 bits per heavy atom. The van der Waals surface area contributed by atoms with Gasteiger partial charge in [-0.2, -0.15) is 0 Å². The topological polar surface area (TPSA) is 34.1 Å². The van der Waals surface area contributed by atoms with Crippen LogP contribution in [0.15, 0.2) is 47.4 Å². The number of Topliss-reactive ketones (excluding diaryl/α,β-unsaturated/α-hetero) is 2. The fraction of sp³-hybridized carbons (Fsp3) is 0.176. The molecule has 0 spiro atoms. The molecule has 0 N–H and O–H groups in total. The Bertz CT molecular complexity index is 657. The zero-order chi connectivity index (χ0) is 14.7. The summed E-state index contributed by atoms with van der Waals surface area (Å²) in [5.74, 6) is -0.911. The molecule has 0 saturated heterocycles. The number of carbonyl (C=O) groups is 2. The van der Waals surface area contributed by atoms with Gasteiger partial charge in [-0.3, -0.25) is 9.59 Å². The molecule has 0 atom stereocenters. The van der Waals surface area contributed by atoms with Crippen molar-refractivity contribution in [1.82, 2.24) is 0 Å². The summed E-state index contributed by atoms with van der Waals surface area (Å²) in [5.41, 5.74) is 3.01. The van der Waals surface area contributed by atoms with Gasteiger partial charge in [0.05, 0.1) is 0 Å². The second-order valence-electron chi connectivity index (χ2n) is 4.69. The maximum atomic E-state index is 12.2. The van der Waals surface area contributed by atoms with Gasteiger partial charge in [-0.05, 0) is 61.6 Å². The monoisotopic (exact) mass is 284 g/mol. The molecule has 0 aliphatic rings. The molecule has 0 fully saturated rings. The number of rotatable bonds is 4. The first-order chi connectivity index (χ1) is 9.52.